The number of aryl methyl sites for hydroxylation is 2. The molecule has 4 heteroatoms. The van der Waals surface area contributed by atoms with E-state index in [2.05, 4.69) is 73.3 Å². The molecule has 2 heterocycles. The molecule has 35 heavy (non-hydrogen) atoms. The number of aromatic hydroxyl groups is 1. The molecule has 0 saturated carbocycles. The average Bonchev–Trinajstić information content (AvgIpc) is 3.53. The van der Waals surface area contributed by atoms with Crippen molar-refractivity contribution in [3.63, 3.8) is 0 Å². The van der Waals surface area contributed by atoms with Crippen molar-refractivity contribution < 1.29 is 9.52 Å². The third-order valence-corrected chi connectivity index (χ3v) is 7.71. The number of rotatable bonds is 4. The van der Waals surface area contributed by atoms with Gasteiger partial charge in [0.05, 0.1) is 6.04 Å². The molecule has 0 radical (unpaired) electrons. The summed E-state index contributed by atoms with van der Waals surface area (Å²) in [7, 11) is 0. The normalized spacial score (nSPS) is 20.2. The highest BCUT2D eigenvalue weighted by molar-refractivity contribution is 5.77. The van der Waals surface area contributed by atoms with Crippen LogP contribution in [0.5, 0.6) is 5.75 Å². The van der Waals surface area contributed by atoms with Crippen LogP contribution in [0.3, 0.4) is 0 Å². The van der Waals surface area contributed by atoms with Crippen molar-refractivity contribution in [3.8, 4) is 28.3 Å². The maximum absolute atomic E-state index is 10.5. The zero-order valence-corrected chi connectivity index (χ0v) is 20.5. The Morgan fingerprint density at radius 3 is 2.26 bits per heavy atom. The van der Waals surface area contributed by atoms with Crippen molar-refractivity contribution >= 4 is 0 Å². The first-order valence-electron chi connectivity index (χ1n) is 12.8. The highest BCUT2D eigenvalue weighted by Crippen LogP contribution is 2.46. The fourth-order valence-electron chi connectivity index (χ4n) is 5.86. The Hall–Kier alpha value is -3.37. The molecule has 1 aromatic heterocycles. The number of phenols is 1. The molecule has 1 aliphatic heterocycles. The van der Waals surface area contributed by atoms with Crippen molar-refractivity contribution in [2.45, 2.75) is 58.0 Å². The molecule has 1 fully saturated rings. The molecule has 4 nitrogen and oxygen atoms in total. The Labute approximate surface area is 207 Å². The van der Waals surface area contributed by atoms with E-state index in [4.69, 9.17) is 9.40 Å². The molecule has 178 valence electrons. The molecule has 0 spiro atoms. The van der Waals surface area contributed by atoms with Gasteiger partial charge in [0, 0.05) is 17.2 Å². The minimum atomic E-state index is 0.136. The van der Waals surface area contributed by atoms with Gasteiger partial charge < -0.3 is 9.52 Å². The van der Waals surface area contributed by atoms with E-state index >= 15 is 0 Å². The molecule has 3 aromatic carbocycles. The van der Waals surface area contributed by atoms with Crippen molar-refractivity contribution in [1.29, 1.82) is 0 Å². The Morgan fingerprint density at radius 1 is 0.829 bits per heavy atom. The van der Waals surface area contributed by atoms with Crippen LogP contribution in [0, 0.1) is 13.8 Å². The van der Waals surface area contributed by atoms with Gasteiger partial charge in [0.15, 0.2) is 5.76 Å². The van der Waals surface area contributed by atoms with E-state index in [1.165, 1.54) is 16.7 Å². The first-order chi connectivity index (χ1) is 17.1. The molecule has 6 rings (SSSR count). The van der Waals surface area contributed by atoms with Gasteiger partial charge in [0.2, 0.25) is 5.89 Å². The van der Waals surface area contributed by atoms with Crippen molar-refractivity contribution in [2.24, 2.45) is 0 Å². The van der Waals surface area contributed by atoms with E-state index in [-0.39, 0.29) is 12.1 Å². The molecule has 2 atom stereocenters. The smallest absolute Gasteiger partial charge is 0.212 e. The summed E-state index contributed by atoms with van der Waals surface area (Å²) in [6.45, 7) is 5.23. The molecule has 0 bridgehead atoms. The third-order valence-electron chi connectivity index (χ3n) is 7.71. The average molecular weight is 465 g/mol. The first-order valence-corrected chi connectivity index (χ1v) is 12.8. The van der Waals surface area contributed by atoms with Gasteiger partial charge in [-0.05, 0) is 69.7 Å². The molecule has 2 unspecified atom stereocenters. The van der Waals surface area contributed by atoms with Gasteiger partial charge in [-0.25, -0.2) is 4.98 Å². The van der Waals surface area contributed by atoms with Crippen LogP contribution in [0.15, 0.2) is 71.1 Å². The number of phenolic OH excluding ortho intramolecular Hbond substituents is 1. The number of fused-ring (bicyclic) bond motifs is 1. The molecule has 1 aliphatic carbocycles. The summed E-state index contributed by atoms with van der Waals surface area (Å²) < 4.78 is 6.64. The Balaban J connectivity index is 1.42. The van der Waals surface area contributed by atoms with Gasteiger partial charge in [-0.3, -0.25) is 4.90 Å². The fraction of sp³-hybridized carbons (Fsp3) is 0.323. The maximum atomic E-state index is 10.5. The van der Waals surface area contributed by atoms with Gasteiger partial charge in [0.25, 0.3) is 0 Å². The summed E-state index contributed by atoms with van der Waals surface area (Å²) in [4.78, 5) is 7.72. The molecular weight excluding hydrogens is 432 g/mol. The van der Waals surface area contributed by atoms with Gasteiger partial charge >= 0.3 is 0 Å². The number of nitrogens with zero attached hydrogens (tertiary/aromatic N) is 2. The first kappa shape index (κ1) is 22.1. The highest BCUT2D eigenvalue weighted by Gasteiger charge is 2.38. The highest BCUT2D eigenvalue weighted by atomic mass is 16.4. The molecule has 0 amide bonds. The summed E-state index contributed by atoms with van der Waals surface area (Å²) in [6, 6.07) is 23.5. The van der Waals surface area contributed by atoms with E-state index in [9.17, 15) is 5.11 Å². The number of oxazole rings is 1. The van der Waals surface area contributed by atoms with E-state index < -0.39 is 0 Å². The number of hydrogen-bond acceptors (Lipinski definition) is 4. The van der Waals surface area contributed by atoms with Crippen LogP contribution in [0.1, 0.15) is 65.9 Å². The standard InChI is InChI=1S/C31H32N2O2/c1-20-11-15-22(16-12-20)29-30(23-17-13-21(2)14-18-23)35-31(32-29)27-9-5-19-33(27)26-8-3-7-25-24(26)6-4-10-28(25)34/h4,6,10-18,26-27,34H,3,5,7-9,19H2,1-2H3. The fourth-order valence-corrected chi connectivity index (χ4v) is 5.86. The largest absolute Gasteiger partial charge is 0.508 e. The van der Waals surface area contributed by atoms with Gasteiger partial charge in [0.1, 0.15) is 11.4 Å². The second kappa shape index (κ2) is 9.01. The topological polar surface area (TPSA) is 49.5 Å². The van der Waals surface area contributed by atoms with Gasteiger partial charge in [-0.1, -0.05) is 71.8 Å². The minimum absolute atomic E-state index is 0.136. The second-order valence-corrected chi connectivity index (χ2v) is 10.1. The lowest BCUT2D eigenvalue weighted by molar-refractivity contribution is 0.143. The maximum Gasteiger partial charge on any atom is 0.212 e. The lowest BCUT2D eigenvalue weighted by Gasteiger charge is -2.36. The van der Waals surface area contributed by atoms with Crippen molar-refractivity contribution in [1.82, 2.24) is 9.88 Å². The van der Waals surface area contributed by atoms with E-state index in [1.807, 2.05) is 12.1 Å². The number of hydrogen-bond donors (Lipinski definition) is 1. The quantitative estimate of drug-likeness (QED) is 0.339. The molecule has 2 aliphatic rings. The summed E-state index contributed by atoms with van der Waals surface area (Å²) >= 11 is 0. The Morgan fingerprint density at radius 2 is 1.51 bits per heavy atom. The van der Waals surface area contributed by atoms with E-state index in [0.29, 0.717) is 5.75 Å². The SMILES string of the molecule is Cc1ccc(-c2nc(C3CCCN3C3CCCc4c(O)cccc43)oc2-c2ccc(C)cc2)cc1. The molecular formula is C31H32N2O2. The number of benzene rings is 3. The Kier molecular flexibility index (Phi) is 5.69. The van der Waals surface area contributed by atoms with Crippen LogP contribution in [0.25, 0.3) is 22.6 Å². The van der Waals surface area contributed by atoms with E-state index in [1.54, 1.807) is 0 Å². The summed E-state index contributed by atoms with van der Waals surface area (Å²) in [6.07, 6.45) is 5.30. The van der Waals surface area contributed by atoms with Crippen LogP contribution in [-0.2, 0) is 6.42 Å². The van der Waals surface area contributed by atoms with Crippen LogP contribution in [-0.4, -0.2) is 21.5 Å². The predicted molar refractivity (Wildman–Crippen MR) is 139 cm³/mol. The minimum Gasteiger partial charge on any atom is -0.508 e. The number of likely N-dealkylation sites (tertiary alicyclic amines) is 1. The van der Waals surface area contributed by atoms with Gasteiger partial charge in [-0.2, -0.15) is 0 Å². The zero-order valence-electron chi connectivity index (χ0n) is 20.5. The zero-order chi connectivity index (χ0) is 23.9. The predicted octanol–water partition coefficient (Wildman–Crippen LogP) is 7.55. The second-order valence-electron chi connectivity index (χ2n) is 10.1. The third kappa shape index (κ3) is 4.06. The monoisotopic (exact) mass is 464 g/mol. The van der Waals surface area contributed by atoms with Crippen LogP contribution >= 0.6 is 0 Å². The Bertz CT molecular complexity index is 1270. The van der Waals surface area contributed by atoms with Gasteiger partial charge in [-0.15, -0.1) is 0 Å². The van der Waals surface area contributed by atoms with Crippen LogP contribution in [0.4, 0.5) is 0 Å². The molecule has 4 aromatic rings. The van der Waals surface area contributed by atoms with Crippen LogP contribution in [0.2, 0.25) is 0 Å². The number of aromatic nitrogens is 1. The van der Waals surface area contributed by atoms with Crippen molar-refractivity contribution in [3.05, 3.63) is 94.9 Å². The lowest BCUT2D eigenvalue weighted by atomic mass is 9.86. The summed E-state index contributed by atoms with van der Waals surface area (Å²) in [5.74, 6) is 2.08. The molecule has 1 saturated heterocycles. The summed E-state index contributed by atoms with van der Waals surface area (Å²) in [5.41, 5.74) is 7.90. The van der Waals surface area contributed by atoms with Crippen LogP contribution < -0.4 is 0 Å². The van der Waals surface area contributed by atoms with Crippen molar-refractivity contribution in [2.75, 3.05) is 6.54 Å². The lowest BCUT2D eigenvalue weighted by Crippen LogP contribution is -2.31. The molecule has 1 N–H and O–H groups in total. The van der Waals surface area contributed by atoms with E-state index in [0.717, 1.165) is 72.7 Å². The summed E-state index contributed by atoms with van der Waals surface area (Å²) in [5, 5.41) is 10.5.